The number of hydrogen-bond acceptors (Lipinski definition) is 3. The third-order valence-corrected chi connectivity index (χ3v) is 4.62. The van der Waals surface area contributed by atoms with Crippen molar-refractivity contribution in [1.82, 2.24) is 10.2 Å². The van der Waals surface area contributed by atoms with E-state index in [-0.39, 0.29) is 24.0 Å². The zero-order valence-electron chi connectivity index (χ0n) is 16.3. The highest BCUT2D eigenvalue weighted by molar-refractivity contribution is 14.0. The lowest BCUT2D eigenvalue weighted by Crippen LogP contribution is -2.46. The first-order valence-electron chi connectivity index (χ1n) is 9.58. The van der Waals surface area contributed by atoms with Gasteiger partial charge in [-0.15, -0.1) is 24.0 Å². The molecule has 5 nitrogen and oxygen atoms in total. The molecule has 1 aliphatic heterocycles. The van der Waals surface area contributed by atoms with Gasteiger partial charge in [-0.1, -0.05) is 13.0 Å². The monoisotopic (exact) mass is 513 g/mol. The summed E-state index contributed by atoms with van der Waals surface area (Å²) in [6, 6.07) is 5.59. The number of alkyl halides is 3. The van der Waals surface area contributed by atoms with E-state index in [0.717, 1.165) is 71.1 Å². The fourth-order valence-electron chi connectivity index (χ4n) is 3.07. The number of anilines is 1. The molecule has 0 saturated carbocycles. The van der Waals surface area contributed by atoms with Crippen LogP contribution in [0.25, 0.3) is 0 Å². The molecular formula is C19H31F3IN5. The van der Waals surface area contributed by atoms with E-state index in [9.17, 15) is 13.2 Å². The highest BCUT2D eigenvalue weighted by atomic mass is 127. The number of rotatable bonds is 8. The molecule has 0 amide bonds. The van der Waals surface area contributed by atoms with Gasteiger partial charge >= 0.3 is 6.18 Å². The lowest BCUT2D eigenvalue weighted by atomic mass is 10.1. The van der Waals surface area contributed by atoms with Gasteiger partial charge in [-0.25, -0.2) is 0 Å². The molecule has 1 aromatic carbocycles. The van der Waals surface area contributed by atoms with Crippen molar-refractivity contribution in [3.8, 4) is 0 Å². The first-order chi connectivity index (χ1) is 12.9. The molecule has 28 heavy (non-hydrogen) atoms. The van der Waals surface area contributed by atoms with Crippen LogP contribution in [-0.2, 0) is 6.18 Å². The molecule has 9 heteroatoms. The number of aliphatic imine (C=N–C) groups is 1. The van der Waals surface area contributed by atoms with Crippen molar-refractivity contribution >= 4 is 35.6 Å². The quantitative estimate of drug-likeness (QED) is 0.242. The van der Waals surface area contributed by atoms with Crippen LogP contribution in [0.5, 0.6) is 0 Å². The molecule has 2 rings (SSSR count). The standard InChI is InChI=1S/C19H30F3N5.HI/c1-2-8-24-18(23)25-9-3-4-10-26-11-13-27(14-12-26)17-7-5-6-16(15-17)19(20,21)22;/h5-7,15H,2-4,8-14H2,1H3,(H3,23,24,25);1H. The van der Waals surface area contributed by atoms with Gasteiger partial charge < -0.3 is 16.0 Å². The Labute approximate surface area is 182 Å². The molecule has 1 aliphatic rings. The molecule has 160 valence electrons. The predicted octanol–water partition coefficient (Wildman–Crippen LogP) is 3.54. The number of piperazine rings is 1. The molecule has 0 unspecified atom stereocenters. The van der Waals surface area contributed by atoms with E-state index in [1.165, 1.54) is 12.1 Å². The van der Waals surface area contributed by atoms with E-state index in [4.69, 9.17) is 5.73 Å². The van der Waals surface area contributed by atoms with Crippen LogP contribution in [0.1, 0.15) is 31.7 Å². The van der Waals surface area contributed by atoms with E-state index in [1.54, 1.807) is 6.07 Å². The van der Waals surface area contributed by atoms with Crippen LogP contribution in [0.2, 0.25) is 0 Å². The molecule has 3 N–H and O–H groups in total. The molecule has 1 fully saturated rings. The van der Waals surface area contributed by atoms with Crippen LogP contribution >= 0.6 is 24.0 Å². The summed E-state index contributed by atoms with van der Waals surface area (Å²) in [5.74, 6) is 0.506. The number of hydrogen-bond donors (Lipinski definition) is 2. The van der Waals surface area contributed by atoms with Crippen LogP contribution in [0.15, 0.2) is 29.3 Å². The Morgan fingerprint density at radius 1 is 1.18 bits per heavy atom. The third-order valence-electron chi connectivity index (χ3n) is 4.62. The smallest absolute Gasteiger partial charge is 0.370 e. The van der Waals surface area contributed by atoms with Crippen LogP contribution in [-0.4, -0.2) is 56.7 Å². The Hall–Kier alpha value is -1.23. The van der Waals surface area contributed by atoms with E-state index < -0.39 is 11.7 Å². The SMILES string of the molecule is CCCN=C(N)NCCCCN1CCN(c2cccc(C(F)(F)F)c2)CC1.I. The summed E-state index contributed by atoms with van der Waals surface area (Å²) in [5, 5.41) is 3.11. The van der Waals surface area contributed by atoms with Crippen LogP contribution in [0.3, 0.4) is 0 Å². The largest absolute Gasteiger partial charge is 0.416 e. The lowest BCUT2D eigenvalue weighted by Gasteiger charge is -2.36. The van der Waals surface area contributed by atoms with Gasteiger partial charge in [0, 0.05) is 45.0 Å². The predicted molar refractivity (Wildman–Crippen MR) is 120 cm³/mol. The van der Waals surface area contributed by atoms with Crippen LogP contribution in [0, 0.1) is 0 Å². The average Bonchev–Trinajstić information content (AvgIpc) is 2.66. The Kier molecular flexibility index (Phi) is 10.9. The zero-order chi connectivity index (χ0) is 19.7. The minimum Gasteiger partial charge on any atom is -0.370 e. The zero-order valence-corrected chi connectivity index (χ0v) is 18.7. The number of benzene rings is 1. The number of guanidine groups is 1. The number of nitrogens with one attached hydrogen (secondary N) is 1. The molecule has 0 spiro atoms. The summed E-state index contributed by atoms with van der Waals surface area (Å²) in [6.45, 7) is 7.83. The van der Waals surface area contributed by atoms with Crippen LogP contribution < -0.4 is 16.0 Å². The first kappa shape index (κ1) is 24.8. The van der Waals surface area contributed by atoms with Gasteiger partial charge in [-0.05, 0) is 44.0 Å². The van der Waals surface area contributed by atoms with Gasteiger partial charge in [-0.2, -0.15) is 13.2 Å². The molecule has 0 atom stereocenters. The number of halogens is 4. The first-order valence-corrected chi connectivity index (χ1v) is 9.58. The highest BCUT2D eigenvalue weighted by Crippen LogP contribution is 2.31. The van der Waals surface area contributed by atoms with E-state index in [0.29, 0.717) is 11.6 Å². The van der Waals surface area contributed by atoms with Gasteiger partial charge in [0.2, 0.25) is 0 Å². The number of unbranched alkanes of at least 4 members (excludes halogenated alkanes) is 1. The topological polar surface area (TPSA) is 56.9 Å². The summed E-state index contributed by atoms with van der Waals surface area (Å²) in [6.07, 6.45) is -1.25. The molecular weight excluding hydrogens is 482 g/mol. The Bertz CT molecular complexity index is 601. The van der Waals surface area contributed by atoms with Crippen molar-refractivity contribution in [2.75, 3.05) is 50.7 Å². The Morgan fingerprint density at radius 2 is 1.89 bits per heavy atom. The fraction of sp³-hybridized carbons (Fsp3) is 0.632. The van der Waals surface area contributed by atoms with Gasteiger partial charge in [0.25, 0.3) is 0 Å². The van der Waals surface area contributed by atoms with Crippen molar-refractivity contribution in [1.29, 1.82) is 0 Å². The molecule has 0 aliphatic carbocycles. The molecule has 1 aromatic rings. The summed E-state index contributed by atoms with van der Waals surface area (Å²) >= 11 is 0. The van der Waals surface area contributed by atoms with Gasteiger partial charge in [0.15, 0.2) is 5.96 Å². The maximum absolute atomic E-state index is 12.9. The Morgan fingerprint density at radius 3 is 2.54 bits per heavy atom. The fourth-order valence-corrected chi connectivity index (χ4v) is 3.07. The van der Waals surface area contributed by atoms with Gasteiger partial charge in [-0.3, -0.25) is 9.89 Å². The Balaban J connectivity index is 0.00000392. The molecule has 0 aromatic heterocycles. The number of nitrogens with zero attached hydrogens (tertiary/aromatic N) is 3. The summed E-state index contributed by atoms with van der Waals surface area (Å²) in [5.41, 5.74) is 5.81. The second kappa shape index (κ2) is 12.4. The number of nitrogens with two attached hydrogens (primary N) is 1. The highest BCUT2D eigenvalue weighted by Gasteiger charge is 2.31. The van der Waals surface area contributed by atoms with Crippen LogP contribution in [0.4, 0.5) is 18.9 Å². The summed E-state index contributed by atoms with van der Waals surface area (Å²) in [4.78, 5) is 8.57. The van der Waals surface area contributed by atoms with Crippen molar-refractivity contribution < 1.29 is 13.2 Å². The summed E-state index contributed by atoms with van der Waals surface area (Å²) < 4.78 is 38.6. The normalized spacial score (nSPS) is 16.0. The van der Waals surface area contributed by atoms with Gasteiger partial charge in [0.1, 0.15) is 0 Å². The van der Waals surface area contributed by atoms with Crippen molar-refractivity contribution in [2.24, 2.45) is 10.7 Å². The maximum atomic E-state index is 12.9. The van der Waals surface area contributed by atoms with Crippen molar-refractivity contribution in [2.45, 2.75) is 32.4 Å². The second-order valence-corrected chi connectivity index (χ2v) is 6.78. The minimum atomic E-state index is -4.30. The third kappa shape index (κ3) is 8.42. The summed E-state index contributed by atoms with van der Waals surface area (Å²) in [7, 11) is 0. The molecule has 0 radical (unpaired) electrons. The van der Waals surface area contributed by atoms with Crippen molar-refractivity contribution in [3.05, 3.63) is 29.8 Å². The van der Waals surface area contributed by atoms with E-state index in [2.05, 4.69) is 22.1 Å². The van der Waals surface area contributed by atoms with E-state index in [1.807, 2.05) is 4.90 Å². The molecule has 0 bridgehead atoms. The molecule has 1 saturated heterocycles. The maximum Gasteiger partial charge on any atom is 0.416 e. The van der Waals surface area contributed by atoms with Gasteiger partial charge in [0.05, 0.1) is 5.56 Å². The van der Waals surface area contributed by atoms with Crippen molar-refractivity contribution in [3.63, 3.8) is 0 Å². The minimum absolute atomic E-state index is 0. The van der Waals surface area contributed by atoms with E-state index >= 15 is 0 Å². The average molecular weight is 513 g/mol. The second-order valence-electron chi connectivity index (χ2n) is 6.78. The lowest BCUT2D eigenvalue weighted by molar-refractivity contribution is -0.137. The molecule has 1 heterocycles.